The van der Waals surface area contributed by atoms with Gasteiger partial charge in [-0.3, -0.25) is 4.99 Å². The Hall–Kier alpha value is -0.830. The molecular formula is C16H28IN3O2S. The summed E-state index contributed by atoms with van der Waals surface area (Å²) >= 11 is 0. The van der Waals surface area contributed by atoms with E-state index < -0.39 is 9.84 Å². The number of aryl methyl sites for hydroxylation is 1. The van der Waals surface area contributed by atoms with E-state index in [-0.39, 0.29) is 35.8 Å². The van der Waals surface area contributed by atoms with Gasteiger partial charge in [0, 0.05) is 25.9 Å². The third-order valence-electron chi connectivity index (χ3n) is 3.31. The number of guanidine groups is 1. The number of benzene rings is 1. The minimum absolute atomic E-state index is 0. The SMILES string of the molecule is CN=C(NCCCc1ccccc1)NC(C)CCS(C)(=O)=O.I. The molecule has 0 heterocycles. The van der Waals surface area contributed by atoms with Crippen LogP contribution in [0.1, 0.15) is 25.3 Å². The molecule has 23 heavy (non-hydrogen) atoms. The van der Waals surface area contributed by atoms with Gasteiger partial charge in [-0.15, -0.1) is 24.0 Å². The van der Waals surface area contributed by atoms with E-state index in [1.807, 2.05) is 25.1 Å². The monoisotopic (exact) mass is 453 g/mol. The number of hydrogen-bond acceptors (Lipinski definition) is 3. The van der Waals surface area contributed by atoms with Gasteiger partial charge in [0.2, 0.25) is 0 Å². The summed E-state index contributed by atoms with van der Waals surface area (Å²) in [5.41, 5.74) is 1.33. The molecule has 0 aliphatic carbocycles. The molecule has 0 aliphatic heterocycles. The average molecular weight is 453 g/mol. The second-order valence-corrected chi connectivity index (χ2v) is 7.81. The van der Waals surface area contributed by atoms with Crippen LogP contribution in [0.4, 0.5) is 0 Å². The molecule has 0 saturated carbocycles. The van der Waals surface area contributed by atoms with Crippen LogP contribution >= 0.6 is 24.0 Å². The Balaban J connectivity index is 0.00000484. The summed E-state index contributed by atoms with van der Waals surface area (Å²) in [5.74, 6) is 0.903. The fourth-order valence-corrected chi connectivity index (χ4v) is 2.82. The van der Waals surface area contributed by atoms with E-state index in [2.05, 4.69) is 27.8 Å². The molecule has 0 spiro atoms. The van der Waals surface area contributed by atoms with Crippen molar-refractivity contribution in [3.05, 3.63) is 35.9 Å². The van der Waals surface area contributed by atoms with Gasteiger partial charge in [0.05, 0.1) is 5.75 Å². The number of nitrogens with zero attached hydrogens (tertiary/aromatic N) is 1. The highest BCUT2D eigenvalue weighted by molar-refractivity contribution is 14.0. The second kappa shape index (κ2) is 11.7. The molecule has 132 valence electrons. The molecule has 0 aliphatic rings. The lowest BCUT2D eigenvalue weighted by molar-refractivity contribution is 0.580. The molecule has 2 N–H and O–H groups in total. The Labute approximate surface area is 157 Å². The molecule has 7 heteroatoms. The van der Waals surface area contributed by atoms with E-state index in [9.17, 15) is 8.42 Å². The van der Waals surface area contributed by atoms with Gasteiger partial charge < -0.3 is 10.6 Å². The molecule has 1 aromatic rings. The highest BCUT2D eigenvalue weighted by Gasteiger charge is 2.09. The zero-order chi connectivity index (χ0) is 16.4. The summed E-state index contributed by atoms with van der Waals surface area (Å²) in [7, 11) is -1.20. The van der Waals surface area contributed by atoms with Crippen molar-refractivity contribution in [1.29, 1.82) is 0 Å². The number of nitrogens with one attached hydrogen (secondary N) is 2. The van der Waals surface area contributed by atoms with Crippen LogP contribution in [-0.2, 0) is 16.3 Å². The van der Waals surface area contributed by atoms with Gasteiger partial charge in [-0.05, 0) is 31.7 Å². The van der Waals surface area contributed by atoms with Gasteiger partial charge in [0.15, 0.2) is 5.96 Å². The zero-order valence-electron chi connectivity index (χ0n) is 14.1. The van der Waals surface area contributed by atoms with E-state index in [1.54, 1.807) is 7.05 Å². The average Bonchev–Trinajstić information content (AvgIpc) is 2.48. The quantitative estimate of drug-likeness (QED) is 0.274. The van der Waals surface area contributed by atoms with Crippen LogP contribution in [0.3, 0.4) is 0 Å². The smallest absolute Gasteiger partial charge is 0.191 e. The number of sulfone groups is 1. The first-order chi connectivity index (χ1) is 10.4. The molecule has 5 nitrogen and oxygen atoms in total. The third kappa shape index (κ3) is 11.4. The first-order valence-corrected chi connectivity index (χ1v) is 9.65. The Kier molecular flexibility index (Phi) is 11.2. The lowest BCUT2D eigenvalue weighted by atomic mass is 10.1. The predicted octanol–water partition coefficient (Wildman–Crippen LogP) is 2.23. The van der Waals surface area contributed by atoms with Crippen LogP contribution in [0.15, 0.2) is 35.3 Å². The molecule has 1 aromatic carbocycles. The Bertz CT molecular complexity index is 562. The van der Waals surface area contributed by atoms with E-state index in [4.69, 9.17) is 0 Å². The van der Waals surface area contributed by atoms with E-state index in [0.717, 1.165) is 19.4 Å². The van der Waals surface area contributed by atoms with Crippen molar-refractivity contribution in [3.63, 3.8) is 0 Å². The highest BCUT2D eigenvalue weighted by atomic mass is 127. The summed E-state index contributed by atoms with van der Waals surface area (Å²) in [4.78, 5) is 4.16. The molecule has 0 saturated heterocycles. The van der Waals surface area contributed by atoms with E-state index in [0.29, 0.717) is 12.4 Å². The van der Waals surface area contributed by atoms with Crippen molar-refractivity contribution >= 4 is 39.8 Å². The van der Waals surface area contributed by atoms with Gasteiger partial charge in [-0.1, -0.05) is 30.3 Å². The summed E-state index contributed by atoms with van der Waals surface area (Å²) in [6.07, 6.45) is 3.87. The molecule has 0 fully saturated rings. The van der Waals surface area contributed by atoms with Gasteiger partial charge in [-0.2, -0.15) is 0 Å². The normalized spacial score (nSPS) is 13.1. The van der Waals surface area contributed by atoms with Crippen molar-refractivity contribution < 1.29 is 8.42 Å². The molecule has 0 bridgehead atoms. The maximum Gasteiger partial charge on any atom is 0.191 e. The lowest BCUT2D eigenvalue weighted by Gasteiger charge is -2.17. The van der Waals surface area contributed by atoms with Crippen molar-refractivity contribution in [2.45, 2.75) is 32.2 Å². The molecule has 0 aromatic heterocycles. The summed E-state index contributed by atoms with van der Waals surface area (Å²) in [6.45, 7) is 2.79. The van der Waals surface area contributed by atoms with Crippen LogP contribution in [0.2, 0.25) is 0 Å². The third-order valence-corrected chi connectivity index (χ3v) is 4.28. The fourth-order valence-electron chi connectivity index (χ4n) is 2.04. The summed E-state index contributed by atoms with van der Waals surface area (Å²) < 4.78 is 22.3. The van der Waals surface area contributed by atoms with Crippen molar-refractivity contribution in [2.24, 2.45) is 4.99 Å². The van der Waals surface area contributed by atoms with Crippen molar-refractivity contribution in [1.82, 2.24) is 10.6 Å². The molecular weight excluding hydrogens is 425 g/mol. The van der Waals surface area contributed by atoms with E-state index >= 15 is 0 Å². The number of hydrogen-bond donors (Lipinski definition) is 2. The first kappa shape index (κ1) is 22.2. The Morgan fingerprint density at radius 2 is 1.91 bits per heavy atom. The molecule has 0 amide bonds. The van der Waals surface area contributed by atoms with Gasteiger partial charge in [-0.25, -0.2) is 8.42 Å². The second-order valence-electron chi connectivity index (χ2n) is 5.55. The molecule has 1 atom stereocenters. The minimum atomic E-state index is -2.91. The number of halogens is 1. The van der Waals surface area contributed by atoms with Crippen LogP contribution in [0, 0.1) is 0 Å². The first-order valence-electron chi connectivity index (χ1n) is 7.59. The molecule has 1 unspecified atom stereocenters. The van der Waals surface area contributed by atoms with Crippen LogP contribution in [-0.4, -0.2) is 46.0 Å². The topological polar surface area (TPSA) is 70.6 Å². The highest BCUT2D eigenvalue weighted by Crippen LogP contribution is 2.01. The number of rotatable bonds is 8. The van der Waals surface area contributed by atoms with Crippen LogP contribution in [0.5, 0.6) is 0 Å². The zero-order valence-corrected chi connectivity index (χ0v) is 17.2. The Morgan fingerprint density at radius 1 is 1.26 bits per heavy atom. The standard InChI is InChI=1S/C16H27N3O2S.HI/c1-14(11-13-22(3,20)21)19-16(17-2)18-12-7-10-15-8-5-4-6-9-15;/h4-6,8-9,14H,7,10-13H2,1-3H3,(H2,17,18,19);1H. The number of aliphatic imine (C=N–C) groups is 1. The van der Waals surface area contributed by atoms with Crippen LogP contribution < -0.4 is 10.6 Å². The van der Waals surface area contributed by atoms with Gasteiger partial charge >= 0.3 is 0 Å². The maximum atomic E-state index is 11.2. The van der Waals surface area contributed by atoms with Gasteiger partial charge in [0.1, 0.15) is 9.84 Å². The molecule has 1 rings (SSSR count). The maximum absolute atomic E-state index is 11.2. The fraction of sp³-hybridized carbons (Fsp3) is 0.562. The predicted molar refractivity (Wildman–Crippen MR) is 108 cm³/mol. The summed E-state index contributed by atoms with van der Waals surface area (Å²) in [6, 6.07) is 10.4. The lowest BCUT2D eigenvalue weighted by Crippen LogP contribution is -2.43. The van der Waals surface area contributed by atoms with Gasteiger partial charge in [0.25, 0.3) is 0 Å². The molecule has 0 radical (unpaired) electrons. The van der Waals surface area contributed by atoms with E-state index in [1.165, 1.54) is 11.8 Å². The van der Waals surface area contributed by atoms with Crippen LogP contribution in [0.25, 0.3) is 0 Å². The minimum Gasteiger partial charge on any atom is -0.356 e. The Morgan fingerprint density at radius 3 is 2.48 bits per heavy atom. The largest absolute Gasteiger partial charge is 0.356 e. The van der Waals surface area contributed by atoms with Crippen molar-refractivity contribution in [2.75, 3.05) is 25.6 Å². The van der Waals surface area contributed by atoms with Crippen molar-refractivity contribution in [3.8, 4) is 0 Å². The summed E-state index contributed by atoms with van der Waals surface area (Å²) in [5, 5.41) is 6.47.